The highest BCUT2D eigenvalue weighted by molar-refractivity contribution is 6.02. The lowest BCUT2D eigenvalue weighted by molar-refractivity contribution is 0.0788. The number of fused-ring (bicyclic) bond motifs is 3. The lowest BCUT2D eigenvalue weighted by atomic mass is 9.96. The standard InChI is InChI=1S/C15H12FNO3/c1-17-7-8-4-9(18)2-3-10(8)11-5-13(16)14(19)6-12(11)15(17)20/h2-6,18-19H,7H2,1H3. The summed E-state index contributed by atoms with van der Waals surface area (Å²) in [5.74, 6) is -1.54. The fourth-order valence-corrected chi connectivity index (χ4v) is 2.47. The maximum Gasteiger partial charge on any atom is 0.254 e. The molecule has 20 heavy (non-hydrogen) atoms. The molecule has 4 nitrogen and oxygen atoms in total. The van der Waals surface area contributed by atoms with Crippen molar-refractivity contribution in [3.8, 4) is 22.6 Å². The predicted octanol–water partition coefficient (Wildman–Crippen LogP) is 2.49. The maximum absolute atomic E-state index is 13.6. The average Bonchev–Trinajstić information content (AvgIpc) is 2.49. The molecule has 0 atom stereocenters. The topological polar surface area (TPSA) is 60.8 Å². The summed E-state index contributed by atoms with van der Waals surface area (Å²) in [6.45, 7) is 0.305. The van der Waals surface area contributed by atoms with Crippen LogP contribution in [0.2, 0.25) is 0 Å². The number of nitrogens with zero attached hydrogens (tertiary/aromatic N) is 1. The van der Waals surface area contributed by atoms with E-state index in [9.17, 15) is 19.4 Å². The van der Waals surface area contributed by atoms with Crippen molar-refractivity contribution >= 4 is 5.91 Å². The van der Waals surface area contributed by atoms with E-state index in [1.807, 2.05) is 0 Å². The molecule has 102 valence electrons. The Morgan fingerprint density at radius 3 is 2.60 bits per heavy atom. The first-order valence-corrected chi connectivity index (χ1v) is 6.07. The zero-order valence-electron chi connectivity index (χ0n) is 10.7. The number of benzene rings is 2. The molecule has 1 aliphatic rings. The number of phenols is 2. The van der Waals surface area contributed by atoms with Gasteiger partial charge in [0.2, 0.25) is 0 Å². The van der Waals surface area contributed by atoms with E-state index in [2.05, 4.69) is 0 Å². The van der Waals surface area contributed by atoms with E-state index >= 15 is 0 Å². The number of carbonyl (C=O) groups excluding carboxylic acids is 1. The van der Waals surface area contributed by atoms with Crippen LogP contribution in [-0.2, 0) is 6.54 Å². The van der Waals surface area contributed by atoms with Gasteiger partial charge in [-0.1, -0.05) is 6.07 Å². The molecule has 0 radical (unpaired) electrons. The Morgan fingerprint density at radius 1 is 1.10 bits per heavy atom. The van der Waals surface area contributed by atoms with Crippen LogP contribution < -0.4 is 0 Å². The molecule has 0 bridgehead atoms. The number of carbonyl (C=O) groups is 1. The van der Waals surface area contributed by atoms with Crippen molar-refractivity contribution in [1.82, 2.24) is 4.90 Å². The van der Waals surface area contributed by atoms with Crippen molar-refractivity contribution in [2.24, 2.45) is 0 Å². The molecule has 1 heterocycles. The number of halogens is 1. The van der Waals surface area contributed by atoms with Gasteiger partial charge in [0.1, 0.15) is 5.75 Å². The molecule has 3 rings (SSSR count). The highest BCUT2D eigenvalue weighted by Gasteiger charge is 2.25. The number of hydrogen-bond donors (Lipinski definition) is 2. The van der Waals surface area contributed by atoms with Crippen molar-refractivity contribution in [3.63, 3.8) is 0 Å². The third-order valence-corrected chi connectivity index (χ3v) is 3.45. The zero-order valence-corrected chi connectivity index (χ0v) is 10.7. The molecular weight excluding hydrogens is 261 g/mol. The van der Waals surface area contributed by atoms with Crippen LogP contribution in [0, 0.1) is 5.82 Å². The molecule has 5 heteroatoms. The second kappa shape index (κ2) is 4.23. The molecule has 2 aromatic carbocycles. The number of amides is 1. The number of phenolic OH excluding ortho intramolecular Hbond substituents is 2. The van der Waals surface area contributed by atoms with Crippen molar-refractivity contribution in [2.75, 3.05) is 7.05 Å². The van der Waals surface area contributed by atoms with Crippen LogP contribution in [0.15, 0.2) is 30.3 Å². The van der Waals surface area contributed by atoms with Gasteiger partial charge in [0, 0.05) is 13.6 Å². The minimum absolute atomic E-state index is 0.0901. The van der Waals surface area contributed by atoms with E-state index in [0.29, 0.717) is 17.7 Å². The van der Waals surface area contributed by atoms with Gasteiger partial charge in [0.15, 0.2) is 11.6 Å². The first-order valence-electron chi connectivity index (χ1n) is 6.07. The number of hydrogen-bond acceptors (Lipinski definition) is 3. The van der Waals surface area contributed by atoms with Gasteiger partial charge in [-0.05, 0) is 41.0 Å². The van der Waals surface area contributed by atoms with Crippen LogP contribution in [0.3, 0.4) is 0 Å². The van der Waals surface area contributed by atoms with Crippen LogP contribution in [0.5, 0.6) is 11.5 Å². The second-order valence-corrected chi connectivity index (χ2v) is 4.85. The summed E-state index contributed by atoms with van der Waals surface area (Å²) in [7, 11) is 1.62. The van der Waals surface area contributed by atoms with Gasteiger partial charge in [0.05, 0.1) is 5.56 Å². The summed E-state index contributed by atoms with van der Waals surface area (Å²) in [5, 5.41) is 19.0. The molecular formula is C15H12FNO3. The Kier molecular flexibility index (Phi) is 2.64. The van der Waals surface area contributed by atoms with Gasteiger partial charge < -0.3 is 15.1 Å². The van der Waals surface area contributed by atoms with Crippen LogP contribution >= 0.6 is 0 Å². The molecule has 0 unspecified atom stereocenters. The van der Waals surface area contributed by atoms with Crippen LogP contribution in [-0.4, -0.2) is 28.1 Å². The number of aromatic hydroxyl groups is 2. The van der Waals surface area contributed by atoms with E-state index < -0.39 is 11.6 Å². The van der Waals surface area contributed by atoms with Gasteiger partial charge in [-0.15, -0.1) is 0 Å². The third-order valence-electron chi connectivity index (χ3n) is 3.45. The SMILES string of the molecule is CN1Cc2cc(O)ccc2-c2cc(F)c(O)cc2C1=O. The Bertz CT molecular complexity index is 727. The summed E-state index contributed by atoms with van der Waals surface area (Å²) in [6, 6.07) is 6.98. The summed E-state index contributed by atoms with van der Waals surface area (Å²) in [5.41, 5.74) is 2.07. The predicted molar refractivity (Wildman–Crippen MR) is 71.0 cm³/mol. The van der Waals surface area contributed by atoms with Gasteiger partial charge in [0.25, 0.3) is 5.91 Å². The molecule has 0 saturated heterocycles. The highest BCUT2D eigenvalue weighted by Crippen LogP contribution is 2.36. The van der Waals surface area contributed by atoms with Crippen molar-refractivity contribution in [3.05, 3.63) is 47.3 Å². The fourth-order valence-electron chi connectivity index (χ4n) is 2.47. The highest BCUT2D eigenvalue weighted by atomic mass is 19.1. The molecule has 0 aliphatic carbocycles. The molecule has 0 spiro atoms. The summed E-state index contributed by atoms with van der Waals surface area (Å²) in [6.07, 6.45) is 0. The minimum atomic E-state index is -0.778. The summed E-state index contributed by atoms with van der Waals surface area (Å²) in [4.78, 5) is 13.7. The Hall–Kier alpha value is -2.56. The number of rotatable bonds is 0. The Balaban J connectivity index is 2.35. The first-order chi connectivity index (χ1) is 9.47. The molecule has 1 amide bonds. The minimum Gasteiger partial charge on any atom is -0.508 e. The molecule has 0 aromatic heterocycles. The van der Waals surface area contributed by atoms with Crippen LogP contribution in [0.4, 0.5) is 4.39 Å². The first kappa shape index (κ1) is 12.5. The molecule has 2 N–H and O–H groups in total. The Morgan fingerprint density at radius 2 is 1.85 bits per heavy atom. The van der Waals surface area contributed by atoms with E-state index in [-0.39, 0.29) is 17.2 Å². The summed E-state index contributed by atoms with van der Waals surface area (Å²) >= 11 is 0. The van der Waals surface area contributed by atoms with E-state index in [4.69, 9.17) is 0 Å². The maximum atomic E-state index is 13.6. The van der Waals surface area contributed by atoms with Crippen LogP contribution in [0.1, 0.15) is 15.9 Å². The van der Waals surface area contributed by atoms with E-state index in [0.717, 1.165) is 17.7 Å². The molecule has 2 aromatic rings. The normalized spacial score (nSPS) is 13.7. The molecule has 0 saturated carbocycles. The lowest BCUT2D eigenvalue weighted by Gasteiger charge is -2.15. The zero-order chi connectivity index (χ0) is 14.4. The van der Waals surface area contributed by atoms with Crippen molar-refractivity contribution in [1.29, 1.82) is 0 Å². The van der Waals surface area contributed by atoms with E-state index in [1.54, 1.807) is 19.2 Å². The second-order valence-electron chi connectivity index (χ2n) is 4.85. The van der Waals surface area contributed by atoms with Crippen molar-refractivity contribution < 1.29 is 19.4 Å². The quantitative estimate of drug-likeness (QED) is 0.775. The van der Waals surface area contributed by atoms with E-state index in [1.165, 1.54) is 11.0 Å². The average molecular weight is 273 g/mol. The smallest absolute Gasteiger partial charge is 0.254 e. The lowest BCUT2D eigenvalue weighted by Crippen LogP contribution is -2.24. The fraction of sp³-hybridized carbons (Fsp3) is 0.133. The van der Waals surface area contributed by atoms with Gasteiger partial charge >= 0.3 is 0 Å². The van der Waals surface area contributed by atoms with Gasteiger partial charge in [-0.25, -0.2) is 4.39 Å². The van der Waals surface area contributed by atoms with Gasteiger partial charge in [-0.2, -0.15) is 0 Å². The van der Waals surface area contributed by atoms with Crippen molar-refractivity contribution in [2.45, 2.75) is 6.54 Å². The molecule has 1 aliphatic heterocycles. The van der Waals surface area contributed by atoms with Crippen LogP contribution in [0.25, 0.3) is 11.1 Å². The Labute approximate surface area is 114 Å². The van der Waals surface area contributed by atoms with Gasteiger partial charge in [-0.3, -0.25) is 4.79 Å². The monoisotopic (exact) mass is 273 g/mol. The molecule has 0 fully saturated rings. The largest absolute Gasteiger partial charge is 0.508 e. The summed E-state index contributed by atoms with van der Waals surface area (Å²) < 4.78 is 13.6. The third kappa shape index (κ3) is 1.79.